The Morgan fingerprint density at radius 2 is 1.78 bits per heavy atom. The van der Waals surface area contributed by atoms with Gasteiger partial charge in [0.2, 0.25) is 12.2 Å². The summed E-state index contributed by atoms with van der Waals surface area (Å²) in [5, 5.41) is 76.2. The molecule has 11 N–H and O–H groups in total. The number of hydrogen-bond donors (Lipinski definition) is 10. The molecule has 1 amide bonds. The van der Waals surface area contributed by atoms with Crippen molar-refractivity contribution in [3.8, 4) is 11.5 Å². The van der Waals surface area contributed by atoms with E-state index < -0.39 is 104 Å². The maximum Gasteiger partial charge on any atom is 0.242 e. The van der Waals surface area contributed by atoms with E-state index in [-0.39, 0.29) is 58.3 Å². The molecule has 4 heterocycles. The average Bonchev–Trinajstić information content (AvgIpc) is 3.94. The predicted molar refractivity (Wildman–Crippen MR) is 223 cm³/mol. The molecule has 2 aliphatic carbocycles. The molecule has 3 saturated heterocycles. The third-order valence-corrected chi connectivity index (χ3v) is 13.4. The summed E-state index contributed by atoms with van der Waals surface area (Å²) in [6.07, 6.45) is -5.04. The fourth-order valence-electron chi connectivity index (χ4n) is 10.1. The Balaban J connectivity index is 1.32. The lowest BCUT2D eigenvalue weighted by atomic mass is 9.78. The van der Waals surface area contributed by atoms with Crippen molar-refractivity contribution in [2.24, 2.45) is 5.73 Å². The molecule has 9 rings (SSSR count). The van der Waals surface area contributed by atoms with Gasteiger partial charge in [-0.05, 0) is 67.2 Å². The lowest BCUT2D eigenvalue weighted by molar-refractivity contribution is -0.342. The second-order valence-corrected chi connectivity index (χ2v) is 17.2. The summed E-state index contributed by atoms with van der Waals surface area (Å²) in [5.41, 5.74) is 3.62. The Morgan fingerprint density at radius 3 is 2.53 bits per heavy atom. The van der Waals surface area contributed by atoms with Crippen molar-refractivity contribution < 1.29 is 68.8 Å². The number of ether oxygens (including phenoxy) is 4. The number of aliphatic hydroxyl groups excluding tert-OH is 5. The molecule has 0 aromatic heterocycles. The van der Waals surface area contributed by atoms with E-state index in [2.05, 4.69) is 16.0 Å². The van der Waals surface area contributed by atoms with E-state index in [9.17, 15) is 49.8 Å². The van der Waals surface area contributed by atoms with Gasteiger partial charge >= 0.3 is 0 Å². The zero-order chi connectivity index (χ0) is 45.1. The molecule has 6 aliphatic rings. The van der Waals surface area contributed by atoms with E-state index in [1.807, 2.05) is 17.0 Å². The number of carbonyl (C=O) groups is 4. The van der Waals surface area contributed by atoms with E-state index in [0.29, 0.717) is 48.8 Å². The predicted octanol–water partition coefficient (Wildman–Crippen LogP) is -0.766. The summed E-state index contributed by atoms with van der Waals surface area (Å²) in [5.74, 6) is -3.28. The summed E-state index contributed by atoms with van der Waals surface area (Å²) >= 11 is 0. The van der Waals surface area contributed by atoms with Crippen LogP contribution in [0.1, 0.15) is 93.0 Å². The Bertz CT molecular complexity index is 2370. The number of nitrogens with zero attached hydrogens (tertiary/aromatic N) is 1. The quantitative estimate of drug-likeness (QED) is 0.0876. The lowest BCUT2D eigenvalue weighted by Crippen LogP contribution is -2.71. The van der Waals surface area contributed by atoms with Gasteiger partial charge in [0.15, 0.2) is 28.7 Å². The van der Waals surface area contributed by atoms with Crippen molar-refractivity contribution in [2.75, 3.05) is 24.8 Å². The van der Waals surface area contributed by atoms with Crippen LogP contribution >= 0.6 is 0 Å². The van der Waals surface area contributed by atoms with E-state index in [0.717, 1.165) is 0 Å². The molecule has 3 aromatic carbocycles. The number of para-hydroxylation sites is 1. The van der Waals surface area contributed by atoms with Gasteiger partial charge in [-0.1, -0.05) is 24.3 Å². The molecule has 1 saturated carbocycles. The standard InChI is InChI=1S/C45H51N5O14/c46-43-48-40-32(41(59)49-43)47-21-50(40)30-6-2-1-5-25(30)24-10-16-62-44(11-3-4-12-44)39-35(57)38(58)45(60,13-15-52)42(64-39)63-36-28(24)18-29-31(37(36)61-20-23(54)9-14-51)34(56)27-17-22(19-53)7-8-26(27)33(29)55/h1-2,5-8,10,14,16-18,23-24,32,35,38-40,42-43,47-48,52-54,57-58,60H,3-4,9,11-13,15,19-21,46H2,(H,49,59). The van der Waals surface area contributed by atoms with Crippen molar-refractivity contribution in [3.05, 3.63) is 99.8 Å². The van der Waals surface area contributed by atoms with Crippen LogP contribution in [0.25, 0.3) is 0 Å². The van der Waals surface area contributed by atoms with Gasteiger partial charge in [-0.3, -0.25) is 30.8 Å². The zero-order valence-electron chi connectivity index (χ0n) is 34.6. The number of aldehydes is 1. The minimum Gasteiger partial charge on any atom is -0.492 e. The van der Waals surface area contributed by atoms with E-state index in [1.165, 1.54) is 30.5 Å². The first kappa shape index (κ1) is 43.9. The third-order valence-electron chi connectivity index (χ3n) is 13.4. The maximum atomic E-state index is 14.8. The highest BCUT2D eigenvalue weighted by Crippen LogP contribution is 2.52. The van der Waals surface area contributed by atoms with Gasteiger partial charge in [0.25, 0.3) is 0 Å². The van der Waals surface area contributed by atoms with Crippen LogP contribution in [0.2, 0.25) is 0 Å². The van der Waals surface area contributed by atoms with Gasteiger partial charge in [0, 0.05) is 53.3 Å². The summed E-state index contributed by atoms with van der Waals surface area (Å²) < 4.78 is 26.3. The number of benzene rings is 3. The fourth-order valence-corrected chi connectivity index (χ4v) is 10.1. The minimum absolute atomic E-state index is 0.0400. The summed E-state index contributed by atoms with van der Waals surface area (Å²) in [6.45, 7) is -1.53. The van der Waals surface area contributed by atoms with E-state index >= 15 is 0 Å². The molecule has 19 heteroatoms. The van der Waals surface area contributed by atoms with Crippen LogP contribution in [0, 0.1) is 0 Å². The normalized spacial score (nSPS) is 30.8. The number of nitrogens with two attached hydrogens (primary N) is 1. The molecule has 340 valence electrons. The SMILES string of the molecule is NC1NC(=O)C2NCN(c3ccccc3C3C=COC4(CCCC4)C4OC(Oc5c3cc3c(c5OCC(O)CC=O)C(=O)c5cc(CO)ccc5C3=O)C(O)(CCO)C(O)C4O)C2N1. The number of anilines is 1. The van der Waals surface area contributed by atoms with Crippen LogP contribution in [-0.4, -0.2) is 135 Å². The van der Waals surface area contributed by atoms with Crippen molar-refractivity contribution in [2.45, 2.75) is 111 Å². The van der Waals surface area contributed by atoms with E-state index in [1.54, 1.807) is 18.2 Å². The molecular weight excluding hydrogens is 835 g/mol. The van der Waals surface area contributed by atoms with Crippen molar-refractivity contribution in [1.82, 2.24) is 16.0 Å². The number of nitrogens with one attached hydrogen (secondary N) is 3. The lowest BCUT2D eigenvalue weighted by Gasteiger charge is -2.51. The third kappa shape index (κ3) is 7.25. The second kappa shape index (κ2) is 17.2. The molecule has 2 bridgehead atoms. The number of amides is 1. The van der Waals surface area contributed by atoms with Gasteiger partial charge in [0.1, 0.15) is 55.3 Å². The number of ketones is 2. The smallest absolute Gasteiger partial charge is 0.242 e. The topological polar surface area (TPSA) is 292 Å². The molecule has 10 atom stereocenters. The summed E-state index contributed by atoms with van der Waals surface area (Å²) in [6, 6.07) is 12.3. The highest BCUT2D eigenvalue weighted by Gasteiger charge is 2.62. The number of carbonyl (C=O) groups excluding carboxylic acids is 4. The van der Waals surface area contributed by atoms with Crippen LogP contribution in [0.15, 0.2) is 60.9 Å². The molecule has 19 nitrogen and oxygen atoms in total. The summed E-state index contributed by atoms with van der Waals surface area (Å²) in [4.78, 5) is 56.1. The zero-order valence-corrected chi connectivity index (χ0v) is 34.6. The van der Waals surface area contributed by atoms with Crippen LogP contribution in [-0.2, 0) is 25.7 Å². The van der Waals surface area contributed by atoms with Gasteiger partial charge in [-0.15, -0.1) is 0 Å². The number of allylic oxidation sites excluding steroid dienone is 1. The number of aliphatic hydroxyl groups is 6. The molecule has 10 unspecified atom stereocenters. The van der Waals surface area contributed by atoms with Crippen molar-refractivity contribution in [3.63, 3.8) is 0 Å². The highest BCUT2D eigenvalue weighted by atomic mass is 16.7. The van der Waals surface area contributed by atoms with Crippen molar-refractivity contribution in [1.29, 1.82) is 0 Å². The highest BCUT2D eigenvalue weighted by molar-refractivity contribution is 6.29. The molecule has 4 fully saturated rings. The molecule has 1 spiro atoms. The van der Waals surface area contributed by atoms with Gasteiger partial charge < -0.3 is 64.6 Å². The van der Waals surface area contributed by atoms with Crippen LogP contribution in [0.3, 0.4) is 0 Å². The molecule has 64 heavy (non-hydrogen) atoms. The number of rotatable bonds is 10. The first-order valence-electron chi connectivity index (χ1n) is 21.4. The van der Waals surface area contributed by atoms with Gasteiger partial charge in [-0.2, -0.15) is 0 Å². The first-order valence-corrected chi connectivity index (χ1v) is 21.4. The molecule has 0 radical (unpaired) electrons. The van der Waals surface area contributed by atoms with E-state index in [4.69, 9.17) is 24.7 Å². The Morgan fingerprint density at radius 1 is 1.00 bits per heavy atom. The Kier molecular flexibility index (Phi) is 11.8. The van der Waals surface area contributed by atoms with Crippen LogP contribution < -0.4 is 36.1 Å². The minimum atomic E-state index is -2.51. The Labute approximate surface area is 366 Å². The van der Waals surface area contributed by atoms with Crippen LogP contribution in [0.4, 0.5) is 5.69 Å². The average molecular weight is 886 g/mol. The molecule has 3 aromatic rings. The molecular formula is C45H51N5O14. The second-order valence-electron chi connectivity index (χ2n) is 17.2. The van der Waals surface area contributed by atoms with Crippen molar-refractivity contribution >= 4 is 29.4 Å². The van der Waals surface area contributed by atoms with Gasteiger partial charge in [0.05, 0.1) is 31.2 Å². The first-order chi connectivity index (χ1) is 30.8. The number of fused-ring (bicyclic) bond motifs is 7. The number of hydrogen-bond acceptors (Lipinski definition) is 18. The van der Waals surface area contributed by atoms with Crippen LogP contribution in [0.5, 0.6) is 11.5 Å². The summed E-state index contributed by atoms with van der Waals surface area (Å²) in [7, 11) is 0. The Hall–Kier alpha value is -5.32. The van der Waals surface area contributed by atoms with Gasteiger partial charge in [-0.25, -0.2) is 0 Å². The maximum absolute atomic E-state index is 14.8. The monoisotopic (exact) mass is 885 g/mol. The fraction of sp³-hybridized carbons (Fsp3) is 0.467. The largest absolute Gasteiger partial charge is 0.492 e. The molecule has 4 aliphatic heterocycles.